The van der Waals surface area contributed by atoms with E-state index < -0.39 is 5.97 Å². The van der Waals surface area contributed by atoms with E-state index >= 15 is 0 Å². The van der Waals surface area contributed by atoms with Crippen LogP contribution in [0.2, 0.25) is 0 Å². The number of benzene rings is 2. The van der Waals surface area contributed by atoms with E-state index in [1.54, 1.807) is 54.7 Å². The van der Waals surface area contributed by atoms with Crippen molar-refractivity contribution in [1.29, 1.82) is 0 Å². The number of carbonyl (C=O) groups is 2. The lowest BCUT2D eigenvalue weighted by molar-refractivity contribution is -0.119. The molecule has 0 atom stereocenters. The third-order valence-corrected chi connectivity index (χ3v) is 7.20. The summed E-state index contributed by atoms with van der Waals surface area (Å²) >= 11 is 0. The first kappa shape index (κ1) is 27.0. The van der Waals surface area contributed by atoms with E-state index in [2.05, 4.69) is 26.8 Å². The zero-order valence-electron chi connectivity index (χ0n) is 22.8. The monoisotopic (exact) mass is 540 g/mol. The van der Waals surface area contributed by atoms with Gasteiger partial charge in [-0.25, -0.2) is 9.79 Å². The van der Waals surface area contributed by atoms with E-state index in [0.717, 1.165) is 37.4 Å². The van der Waals surface area contributed by atoms with E-state index in [0.29, 0.717) is 40.0 Å². The lowest BCUT2D eigenvalue weighted by Crippen LogP contribution is -2.48. The van der Waals surface area contributed by atoms with Crippen LogP contribution in [0.3, 0.4) is 0 Å². The fourth-order valence-electron chi connectivity index (χ4n) is 4.76. The first-order valence-corrected chi connectivity index (χ1v) is 13.0. The number of ether oxygens (including phenoxy) is 1. The molecule has 2 aromatic carbocycles. The summed E-state index contributed by atoms with van der Waals surface area (Å²) in [6, 6.07) is 16.0. The number of aromatic hydroxyl groups is 1. The summed E-state index contributed by atoms with van der Waals surface area (Å²) in [5.41, 5.74) is 4.10. The number of H-pyrrole nitrogens is 1. The fourth-order valence-corrected chi connectivity index (χ4v) is 4.76. The topological polar surface area (TPSA) is 114 Å². The molecule has 5 rings (SSSR count). The number of rotatable bonds is 7. The van der Waals surface area contributed by atoms with Crippen molar-refractivity contribution in [2.75, 3.05) is 58.8 Å². The smallest absolute Gasteiger partial charge is 0.337 e. The molecule has 1 saturated heterocycles. The van der Waals surface area contributed by atoms with Gasteiger partial charge in [0.15, 0.2) is 5.88 Å². The third kappa shape index (κ3) is 5.73. The van der Waals surface area contributed by atoms with E-state index in [9.17, 15) is 14.7 Å². The SMILES string of the molecule is COC(=O)c1ccc2[nH]c(O)c(C(=Nc3ccc(N(C)C(=O)CN4CCN(C)CC4)cc3)c3ccncc3)c2c1. The minimum absolute atomic E-state index is 0.0309. The minimum Gasteiger partial charge on any atom is -0.494 e. The second kappa shape index (κ2) is 11.7. The first-order valence-electron chi connectivity index (χ1n) is 13.0. The molecular formula is C30H32N6O4. The van der Waals surface area contributed by atoms with Crippen LogP contribution in [0.15, 0.2) is 72.0 Å². The number of amides is 1. The Labute approximate surface area is 232 Å². The van der Waals surface area contributed by atoms with Crippen molar-refractivity contribution >= 4 is 39.9 Å². The molecule has 0 unspecified atom stereocenters. The molecule has 0 spiro atoms. The van der Waals surface area contributed by atoms with Crippen LogP contribution >= 0.6 is 0 Å². The summed E-state index contributed by atoms with van der Waals surface area (Å²) in [7, 11) is 5.20. The van der Waals surface area contributed by atoms with Crippen LogP contribution < -0.4 is 4.90 Å². The van der Waals surface area contributed by atoms with Crippen LogP contribution in [0.25, 0.3) is 10.9 Å². The zero-order valence-corrected chi connectivity index (χ0v) is 22.8. The Morgan fingerprint density at radius 1 is 1.02 bits per heavy atom. The number of pyridine rings is 1. The number of fused-ring (bicyclic) bond motifs is 1. The van der Waals surface area contributed by atoms with Crippen molar-refractivity contribution in [2.24, 2.45) is 4.99 Å². The van der Waals surface area contributed by atoms with Crippen LogP contribution in [0.1, 0.15) is 21.5 Å². The number of methoxy groups -OCH3 is 1. The van der Waals surface area contributed by atoms with Gasteiger partial charge in [-0.05, 0) is 61.6 Å². The average molecular weight is 541 g/mol. The van der Waals surface area contributed by atoms with Gasteiger partial charge in [-0.1, -0.05) is 0 Å². The Balaban J connectivity index is 1.46. The van der Waals surface area contributed by atoms with Gasteiger partial charge in [0.05, 0.1) is 36.2 Å². The number of aromatic amines is 1. The van der Waals surface area contributed by atoms with Gasteiger partial charge < -0.3 is 24.6 Å². The van der Waals surface area contributed by atoms with Gasteiger partial charge in [0.25, 0.3) is 0 Å². The molecule has 1 fully saturated rings. The summed E-state index contributed by atoms with van der Waals surface area (Å²) in [4.78, 5) is 43.2. The largest absolute Gasteiger partial charge is 0.494 e. The van der Waals surface area contributed by atoms with Gasteiger partial charge in [0, 0.05) is 67.8 Å². The Morgan fingerprint density at radius 3 is 2.40 bits per heavy atom. The van der Waals surface area contributed by atoms with Crippen LogP contribution in [-0.2, 0) is 9.53 Å². The van der Waals surface area contributed by atoms with Crippen molar-refractivity contribution in [3.8, 4) is 5.88 Å². The molecule has 0 bridgehead atoms. The van der Waals surface area contributed by atoms with Crippen molar-refractivity contribution in [3.05, 3.63) is 83.7 Å². The highest BCUT2D eigenvalue weighted by Gasteiger charge is 2.21. The number of nitrogens with zero attached hydrogens (tertiary/aromatic N) is 5. The molecule has 40 heavy (non-hydrogen) atoms. The Bertz CT molecular complexity index is 1540. The number of hydrogen-bond acceptors (Lipinski definition) is 8. The van der Waals surface area contributed by atoms with Crippen molar-refractivity contribution < 1.29 is 19.4 Å². The van der Waals surface area contributed by atoms with Crippen molar-refractivity contribution in [2.45, 2.75) is 0 Å². The molecule has 10 nitrogen and oxygen atoms in total. The lowest BCUT2D eigenvalue weighted by atomic mass is 10.0. The standard InChI is InChI=1S/C30H32N6O4/c1-34-14-16-36(17-15-34)19-26(37)35(2)23-7-5-22(6-8-23)32-28(20-10-12-31-13-11-20)27-24-18-21(30(39)40-3)4-9-25(24)33-29(27)38/h4-13,18,33,38H,14-17,19H2,1-3H3. The maximum atomic E-state index is 12.9. The highest BCUT2D eigenvalue weighted by atomic mass is 16.5. The number of hydrogen-bond donors (Lipinski definition) is 2. The minimum atomic E-state index is -0.474. The summed E-state index contributed by atoms with van der Waals surface area (Å²) < 4.78 is 4.88. The molecular weight excluding hydrogens is 508 g/mol. The van der Waals surface area contributed by atoms with Crippen LogP contribution in [0.5, 0.6) is 5.88 Å². The summed E-state index contributed by atoms with van der Waals surface area (Å²) in [6.45, 7) is 4.05. The zero-order chi connectivity index (χ0) is 28.2. The van der Waals surface area contributed by atoms with Crippen molar-refractivity contribution in [1.82, 2.24) is 19.8 Å². The van der Waals surface area contributed by atoms with Gasteiger partial charge in [0.1, 0.15) is 0 Å². The Kier molecular flexibility index (Phi) is 7.90. The molecule has 0 saturated carbocycles. The molecule has 3 heterocycles. The Hall–Kier alpha value is -4.54. The van der Waals surface area contributed by atoms with E-state index in [1.165, 1.54) is 7.11 Å². The summed E-state index contributed by atoms with van der Waals surface area (Å²) in [5.74, 6) is -0.514. The predicted molar refractivity (Wildman–Crippen MR) is 155 cm³/mol. The van der Waals surface area contributed by atoms with E-state index in [-0.39, 0.29) is 11.8 Å². The second-order valence-electron chi connectivity index (χ2n) is 9.85. The first-order chi connectivity index (χ1) is 19.3. The summed E-state index contributed by atoms with van der Waals surface area (Å²) in [5, 5.41) is 11.6. The van der Waals surface area contributed by atoms with Gasteiger partial charge in [-0.15, -0.1) is 0 Å². The quantitative estimate of drug-likeness (QED) is 0.273. The number of aromatic nitrogens is 2. The van der Waals surface area contributed by atoms with E-state index in [4.69, 9.17) is 9.73 Å². The van der Waals surface area contributed by atoms with Gasteiger partial charge in [-0.2, -0.15) is 0 Å². The molecule has 206 valence electrons. The molecule has 1 amide bonds. The second-order valence-corrected chi connectivity index (χ2v) is 9.85. The van der Waals surface area contributed by atoms with Crippen molar-refractivity contribution in [3.63, 3.8) is 0 Å². The van der Waals surface area contributed by atoms with Gasteiger partial charge >= 0.3 is 5.97 Å². The normalized spacial score (nSPS) is 14.8. The van der Waals surface area contributed by atoms with Gasteiger partial charge in [0.2, 0.25) is 5.91 Å². The number of nitrogens with one attached hydrogen (secondary N) is 1. The maximum absolute atomic E-state index is 12.9. The molecule has 4 aromatic rings. The van der Waals surface area contributed by atoms with Crippen LogP contribution in [-0.4, -0.2) is 96.4 Å². The molecule has 1 aliphatic heterocycles. The third-order valence-electron chi connectivity index (χ3n) is 7.20. The highest BCUT2D eigenvalue weighted by Crippen LogP contribution is 2.32. The number of anilines is 1. The predicted octanol–water partition coefficient (Wildman–Crippen LogP) is 3.43. The van der Waals surface area contributed by atoms with E-state index in [1.807, 2.05) is 24.3 Å². The number of likely N-dealkylation sites (N-methyl/N-ethyl adjacent to an activating group) is 2. The molecule has 2 N–H and O–H groups in total. The molecule has 0 aliphatic carbocycles. The average Bonchev–Trinajstić information content (AvgIpc) is 3.31. The molecule has 2 aromatic heterocycles. The fraction of sp³-hybridized carbons (Fsp3) is 0.267. The Morgan fingerprint density at radius 2 is 1.73 bits per heavy atom. The molecule has 10 heteroatoms. The van der Waals surface area contributed by atoms with Crippen LogP contribution in [0, 0.1) is 0 Å². The number of carbonyl (C=O) groups excluding carboxylic acids is 2. The number of esters is 1. The van der Waals surface area contributed by atoms with Crippen LogP contribution in [0.4, 0.5) is 11.4 Å². The highest BCUT2D eigenvalue weighted by molar-refractivity contribution is 6.22. The number of aliphatic imine (C=N–C) groups is 1. The maximum Gasteiger partial charge on any atom is 0.337 e. The lowest BCUT2D eigenvalue weighted by Gasteiger charge is -2.32. The molecule has 1 aliphatic rings. The number of piperazine rings is 1. The summed E-state index contributed by atoms with van der Waals surface area (Å²) in [6.07, 6.45) is 3.31. The van der Waals surface area contributed by atoms with Gasteiger partial charge in [-0.3, -0.25) is 14.7 Å². The molecule has 0 radical (unpaired) electrons.